The highest BCUT2D eigenvalue weighted by atomic mass is 16.2. The third-order valence-corrected chi connectivity index (χ3v) is 4.57. The zero-order valence-electron chi connectivity index (χ0n) is 13.5. The Morgan fingerprint density at radius 1 is 1.08 bits per heavy atom. The number of benzene rings is 1. The van der Waals surface area contributed by atoms with Crippen molar-refractivity contribution in [2.24, 2.45) is 7.05 Å². The molecule has 0 atom stereocenters. The van der Waals surface area contributed by atoms with Crippen molar-refractivity contribution >= 4 is 5.91 Å². The summed E-state index contributed by atoms with van der Waals surface area (Å²) in [6.07, 6.45) is 7.24. The molecule has 3 aromatic rings. The molecule has 1 aromatic carbocycles. The minimum atomic E-state index is 0.0684. The van der Waals surface area contributed by atoms with Gasteiger partial charge in [-0.25, -0.2) is 4.98 Å². The number of pyridine rings is 1. The third kappa shape index (κ3) is 2.48. The first-order chi connectivity index (χ1) is 11.7. The van der Waals surface area contributed by atoms with Crippen molar-refractivity contribution in [2.75, 3.05) is 13.1 Å². The summed E-state index contributed by atoms with van der Waals surface area (Å²) in [6.45, 7) is 1.50. The van der Waals surface area contributed by atoms with Crippen molar-refractivity contribution < 1.29 is 4.79 Å². The summed E-state index contributed by atoms with van der Waals surface area (Å²) in [7, 11) is 1.94. The number of aromatic nitrogens is 3. The summed E-state index contributed by atoms with van der Waals surface area (Å²) in [6, 6.07) is 11.7. The monoisotopic (exact) mass is 318 g/mol. The summed E-state index contributed by atoms with van der Waals surface area (Å²) in [5.41, 5.74) is 2.83. The third-order valence-electron chi connectivity index (χ3n) is 4.57. The molecular formula is C19H18N4O. The number of carbonyl (C=O) groups is 1. The fourth-order valence-electron chi connectivity index (χ4n) is 3.15. The van der Waals surface area contributed by atoms with Crippen LogP contribution in [-0.2, 0) is 7.05 Å². The fraction of sp³-hybridized carbons (Fsp3) is 0.211. The lowest BCUT2D eigenvalue weighted by Crippen LogP contribution is -2.48. The number of amides is 1. The van der Waals surface area contributed by atoms with Gasteiger partial charge in [-0.05, 0) is 23.8 Å². The average molecular weight is 318 g/mol. The molecule has 24 heavy (non-hydrogen) atoms. The molecule has 1 saturated heterocycles. The second-order valence-corrected chi connectivity index (χ2v) is 6.09. The lowest BCUT2D eigenvalue weighted by Gasteiger charge is -2.39. The highest BCUT2D eigenvalue weighted by molar-refractivity contribution is 6.00. The van der Waals surface area contributed by atoms with Gasteiger partial charge in [0, 0.05) is 56.4 Å². The van der Waals surface area contributed by atoms with Gasteiger partial charge in [0.05, 0.1) is 5.56 Å². The Labute approximate surface area is 140 Å². The molecule has 5 heteroatoms. The average Bonchev–Trinajstić information content (AvgIpc) is 3.00. The molecule has 1 fully saturated rings. The molecule has 1 aliphatic rings. The van der Waals surface area contributed by atoms with Crippen LogP contribution in [0.1, 0.15) is 21.8 Å². The second kappa shape index (κ2) is 5.92. The lowest BCUT2D eigenvalue weighted by atomic mass is 9.91. The maximum atomic E-state index is 12.9. The molecule has 5 nitrogen and oxygen atoms in total. The molecule has 2 aromatic heterocycles. The Hall–Kier alpha value is -2.95. The van der Waals surface area contributed by atoms with Crippen LogP contribution in [0.25, 0.3) is 11.4 Å². The first kappa shape index (κ1) is 14.6. The van der Waals surface area contributed by atoms with Gasteiger partial charge < -0.3 is 9.47 Å². The highest BCUT2D eigenvalue weighted by Gasteiger charge is 2.33. The van der Waals surface area contributed by atoms with Crippen LogP contribution in [0, 0.1) is 0 Å². The van der Waals surface area contributed by atoms with E-state index in [1.807, 2.05) is 59.1 Å². The lowest BCUT2D eigenvalue weighted by molar-refractivity contribution is 0.0603. The van der Waals surface area contributed by atoms with Gasteiger partial charge in [-0.1, -0.05) is 18.2 Å². The molecule has 0 radical (unpaired) electrons. The van der Waals surface area contributed by atoms with Crippen LogP contribution < -0.4 is 0 Å². The summed E-state index contributed by atoms with van der Waals surface area (Å²) in [4.78, 5) is 23.2. The van der Waals surface area contributed by atoms with E-state index >= 15 is 0 Å². The quantitative estimate of drug-likeness (QED) is 0.746. The maximum absolute atomic E-state index is 12.9. The number of nitrogens with zero attached hydrogens (tertiary/aromatic N) is 4. The van der Waals surface area contributed by atoms with Crippen LogP contribution >= 0.6 is 0 Å². The second-order valence-electron chi connectivity index (χ2n) is 6.09. The van der Waals surface area contributed by atoms with Gasteiger partial charge in [0.15, 0.2) is 0 Å². The number of rotatable bonds is 3. The smallest absolute Gasteiger partial charge is 0.254 e. The summed E-state index contributed by atoms with van der Waals surface area (Å²) >= 11 is 0. The topological polar surface area (TPSA) is 51.0 Å². The number of hydrogen-bond acceptors (Lipinski definition) is 3. The van der Waals surface area contributed by atoms with Gasteiger partial charge in [0.2, 0.25) is 0 Å². The standard InChI is InChI=1S/C19H18N4O/c1-22-11-10-21-18(22)16-4-2-3-5-17(16)19(24)23-12-15(13-23)14-6-8-20-9-7-14/h2-11,15H,12-13H2,1H3. The van der Waals surface area contributed by atoms with E-state index in [-0.39, 0.29) is 5.91 Å². The molecule has 0 bridgehead atoms. The molecule has 0 spiro atoms. The van der Waals surface area contributed by atoms with Crippen molar-refractivity contribution in [3.8, 4) is 11.4 Å². The van der Waals surface area contributed by atoms with Crippen molar-refractivity contribution in [3.63, 3.8) is 0 Å². The molecule has 120 valence electrons. The zero-order chi connectivity index (χ0) is 16.5. The number of imidazole rings is 1. The number of hydrogen-bond donors (Lipinski definition) is 0. The minimum absolute atomic E-state index is 0.0684. The van der Waals surface area contributed by atoms with Crippen LogP contribution in [0.3, 0.4) is 0 Å². The van der Waals surface area contributed by atoms with Gasteiger partial charge in [-0.2, -0.15) is 0 Å². The van der Waals surface area contributed by atoms with E-state index in [0.717, 1.165) is 24.5 Å². The van der Waals surface area contributed by atoms with E-state index in [4.69, 9.17) is 0 Å². The number of likely N-dealkylation sites (tertiary alicyclic amines) is 1. The molecule has 0 saturated carbocycles. The summed E-state index contributed by atoms with van der Waals surface area (Å²) < 4.78 is 1.93. The first-order valence-electron chi connectivity index (χ1n) is 8.00. The van der Waals surface area contributed by atoms with Crippen molar-refractivity contribution in [1.29, 1.82) is 0 Å². The van der Waals surface area contributed by atoms with E-state index in [1.165, 1.54) is 5.56 Å². The van der Waals surface area contributed by atoms with Crippen LogP contribution in [0.2, 0.25) is 0 Å². The van der Waals surface area contributed by atoms with Crippen molar-refractivity contribution in [3.05, 3.63) is 72.3 Å². The predicted octanol–water partition coefficient (Wildman–Crippen LogP) is 2.72. The Bertz CT molecular complexity index is 866. The van der Waals surface area contributed by atoms with Crippen molar-refractivity contribution in [2.45, 2.75) is 5.92 Å². The number of aryl methyl sites for hydroxylation is 1. The minimum Gasteiger partial charge on any atom is -0.337 e. The van der Waals surface area contributed by atoms with Gasteiger partial charge in [0.25, 0.3) is 5.91 Å². The number of carbonyl (C=O) groups excluding carboxylic acids is 1. The SMILES string of the molecule is Cn1ccnc1-c1ccccc1C(=O)N1CC(c2ccncc2)C1. The largest absolute Gasteiger partial charge is 0.337 e. The molecular weight excluding hydrogens is 300 g/mol. The van der Waals surface area contributed by atoms with E-state index in [0.29, 0.717) is 11.5 Å². The normalized spacial score (nSPS) is 14.5. The van der Waals surface area contributed by atoms with Crippen LogP contribution in [-0.4, -0.2) is 38.4 Å². The van der Waals surface area contributed by atoms with Gasteiger partial charge in [-0.15, -0.1) is 0 Å². The van der Waals surface area contributed by atoms with E-state index in [2.05, 4.69) is 9.97 Å². The Kier molecular flexibility index (Phi) is 3.61. The van der Waals surface area contributed by atoms with E-state index in [1.54, 1.807) is 18.6 Å². The van der Waals surface area contributed by atoms with E-state index in [9.17, 15) is 4.79 Å². The Morgan fingerprint density at radius 3 is 2.54 bits per heavy atom. The molecule has 4 rings (SSSR count). The predicted molar refractivity (Wildman–Crippen MR) is 91.5 cm³/mol. The molecule has 0 aliphatic carbocycles. The fourth-order valence-corrected chi connectivity index (χ4v) is 3.15. The highest BCUT2D eigenvalue weighted by Crippen LogP contribution is 2.30. The van der Waals surface area contributed by atoms with Gasteiger partial charge >= 0.3 is 0 Å². The Balaban J connectivity index is 1.56. The summed E-state index contributed by atoms with van der Waals surface area (Å²) in [5.74, 6) is 1.28. The van der Waals surface area contributed by atoms with Crippen LogP contribution in [0.5, 0.6) is 0 Å². The first-order valence-corrected chi connectivity index (χ1v) is 8.00. The maximum Gasteiger partial charge on any atom is 0.254 e. The van der Waals surface area contributed by atoms with E-state index < -0.39 is 0 Å². The molecule has 0 unspecified atom stereocenters. The van der Waals surface area contributed by atoms with Gasteiger partial charge in [-0.3, -0.25) is 9.78 Å². The molecule has 0 N–H and O–H groups in total. The molecule has 1 amide bonds. The van der Waals surface area contributed by atoms with Gasteiger partial charge in [0.1, 0.15) is 5.82 Å². The summed E-state index contributed by atoms with van der Waals surface area (Å²) in [5, 5.41) is 0. The van der Waals surface area contributed by atoms with Crippen LogP contribution in [0.4, 0.5) is 0 Å². The molecule has 1 aliphatic heterocycles. The Morgan fingerprint density at radius 2 is 1.83 bits per heavy atom. The van der Waals surface area contributed by atoms with Crippen molar-refractivity contribution in [1.82, 2.24) is 19.4 Å². The van der Waals surface area contributed by atoms with Crippen LogP contribution in [0.15, 0.2) is 61.2 Å². The molecule has 3 heterocycles. The zero-order valence-corrected chi connectivity index (χ0v) is 13.5.